The number of aryl methyl sites for hydroxylation is 1. The predicted molar refractivity (Wildman–Crippen MR) is 64.7 cm³/mol. The predicted octanol–water partition coefficient (Wildman–Crippen LogP) is 3.50. The maximum absolute atomic E-state index is 5.69. The summed E-state index contributed by atoms with van der Waals surface area (Å²) >= 11 is 5.69. The van der Waals surface area contributed by atoms with Gasteiger partial charge in [0, 0.05) is 6.20 Å². The second-order valence-electron chi connectivity index (χ2n) is 3.42. The molecule has 0 atom stereocenters. The molecule has 0 aliphatic heterocycles. The topological polar surface area (TPSA) is 38.1 Å². The van der Waals surface area contributed by atoms with Crippen molar-refractivity contribution in [3.63, 3.8) is 0 Å². The minimum absolute atomic E-state index is 0.411. The van der Waals surface area contributed by atoms with Crippen LogP contribution in [0.5, 0.6) is 0 Å². The van der Waals surface area contributed by atoms with Gasteiger partial charge in [-0.05, 0) is 41.8 Å². The van der Waals surface area contributed by atoms with Crippen LogP contribution in [-0.2, 0) is 13.0 Å². The van der Waals surface area contributed by atoms with Gasteiger partial charge in [0.15, 0.2) is 5.22 Å². The van der Waals surface area contributed by atoms with Crippen LogP contribution >= 0.6 is 11.6 Å². The van der Waals surface area contributed by atoms with E-state index in [0.29, 0.717) is 11.8 Å². The third kappa shape index (κ3) is 2.55. The highest BCUT2D eigenvalue weighted by molar-refractivity contribution is 6.28. The number of hydrogen-bond acceptors (Lipinski definition) is 3. The fourth-order valence-electron chi connectivity index (χ4n) is 1.50. The normalized spacial score (nSPS) is 10.4. The molecule has 2 aromatic heterocycles. The standard InChI is InChI=1S/C12H13ClN2O/c1-2-9-4-3-7-14-12(9)15-8-10-5-6-11(13)16-10/h3-7H,2,8H2,1H3,(H,14,15). The van der Waals surface area contributed by atoms with Gasteiger partial charge in [0.1, 0.15) is 11.6 Å². The Labute approximate surface area is 99.5 Å². The van der Waals surface area contributed by atoms with E-state index in [1.54, 1.807) is 12.3 Å². The molecule has 0 unspecified atom stereocenters. The Morgan fingerprint density at radius 1 is 1.38 bits per heavy atom. The number of furan rings is 1. The van der Waals surface area contributed by atoms with Crippen LogP contribution in [0.15, 0.2) is 34.9 Å². The lowest BCUT2D eigenvalue weighted by atomic mass is 10.2. The molecule has 0 saturated heterocycles. The van der Waals surface area contributed by atoms with E-state index in [1.807, 2.05) is 12.1 Å². The molecule has 0 aliphatic rings. The minimum atomic E-state index is 0.411. The highest BCUT2D eigenvalue weighted by Crippen LogP contribution is 2.16. The lowest BCUT2D eigenvalue weighted by molar-refractivity contribution is 0.519. The maximum atomic E-state index is 5.69. The summed E-state index contributed by atoms with van der Waals surface area (Å²) in [5.41, 5.74) is 1.19. The number of aromatic nitrogens is 1. The van der Waals surface area contributed by atoms with Crippen LogP contribution in [-0.4, -0.2) is 4.98 Å². The van der Waals surface area contributed by atoms with Crippen LogP contribution in [0.25, 0.3) is 0 Å². The van der Waals surface area contributed by atoms with Gasteiger partial charge in [0.2, 0.25) is 0 Å². The highest BCUT2D eigenvalue weighted by Gasteiger charge is 2.03. The van der Waals surface area contributed by atoms with Crippen molar-refractivity contribution in [3.05, 3.63) is 47.0 Å². The van der Waals surface area contributed by atoms with Crippen LogP contribution in [0.4, 0.5) is 5.82 Å². The van der Waals surface area contributed by atoms with Crippen molar-refractivity contribution < 1.29 is 4.42 Å². The summed E-state index contributed by atoms with van der Waals surface area (Å²) in [7, 11) is 0. The van der Waals surface area contributed by atoms with E-state index < -0.39 is 0 Å². The molecule has 84 valence electrons. The number of rotatable bonds is 4. The first-order chi connectivity index (χ1) is 7.79. The van der Waals surface area contributed by atoms with Gasteiger partial charge in [0.05, 0.1) is 6.54 Å². The van der Waals surface area contributed by atoms with Crippen LogP contribution in [0.3, 0.4) is 0 Å². The van der Waals surface area contributed by atoms with E-state index in [0.717, 1.165) is 18.0 Å². The smallest absolute Gasteiger partial charge is 0.193 e. The summed E-state index contributed by atoms with van der Waals surface area (Å²) < 4.78 is 5.25. The third-order valence-corrected chi connectivity index (χ3v) is 2.53. The van der Waals surface area contributed by atoms with E-state index in [2.05, 4.69) is 23.3 Å². The molecule has 0 amide bonds. The molecule has 0 spiro atoms. The molecule has 16 heavy (non-hydrogen) atoms. The average molecular weight is 237 g/mol. The van der Waals surface area contributed by atoms with Gasteiger partial charge < -0.3 is 9.73 Å². The summed E-state index contributed by atoms with van der Waals surface area (Å²) in [4.78, 5) is 4.29. The highest BCUT2D eigenvalue weighted by atomic mass is 35.5. The molecule has 2 aromatic rings. The second-order valence-corrected chi connectivity index (χ2v) is 3.80. The van der Waals surface area contributed by atoms with Crippen LogP contribution in [0.2, 0.25) is 5.22 Å². The molecule has 1 N–H and O–H groups in total. The first kappa shape index (κ1) is 11.0. The number of nitrogens with zero attached hydrogens (tertiary/aromatic N) is 1. The molecule has 3 nitrogen and oxygen atoms in total. The van der Waals surface area contributed by atoms with Crippen molar-refractivity contribution in [3.8, 4) is 0 Å². The zero-order chi connectivity index (χ0) is 11.4. The lowest BCUT2D eigenvalue weighted by Crippen LogP contribution is -2.03. The van der Waals surface area contributed by atoms with Crippen LogP contribution < -0.4 is 5.32 Å². The Bertz CT molecular complexity index is 468. The Hall–Kier alpha value is -1.48. The quantitative estimate of drug-likeness (QED) is 0.883. The van der Waals surface area contributed by atoms with Crippen molar-refractivity contribution in [1.29, 1.82) is 0 Å². The van der Waals surface area contributed by atoms with E-state index in [1.165, 1.54) is 5.56 Å². The summed E-state index contributed by atoms with van der Waals surface area (Å²) in [6.07, 6.45) is 2.73. The summed E-state index contributed by atoms with van der Waals surface area (Å²) in [6, 6.07) is 7.58. The van der Waals surface area contributed by atoms with E-state index >= 15 is 0 Å². The number of hydrogen-bond donors (Lipinski definition) is 1. The van der Waals surface area contributed by atoms with Crippen molar-refractivity contribution in [2.24, 2.45) is 0 Å². The summed E-state index contributed by atoms with van der Waals surface area (Å²) in [5.74, 6) is 1.70. The van der Waals surface area contributed by atoms with Gasteiger partial charge in [-0.2, -0.15) is 0 Å². The van der Waals surface area contributed by atoms with Crippen molar-refractivity contribution in [2.75, 3.05) is 5.32 Å². The van der Waals surface area contributed by atoms with E-state index in [9.17, 15) is 0 Å². The summed E-state index contributed by atoms with van der Waals surface area (Å²) in [5, 5.41) is 3.64. The third-order valence-electron chi connectivity index (χ3n) is 2.33. The van der Waals surface area contributed by atoms with Gasteiger partial charge in [-0.15, -0.1) is 0 Å². The molecule has 0 bridgehead atoms. The first-order valence-electron chi connectivity index (χ1n) is 5.21. The van der Waals surface area contributed by atoms with Crippen LogP contribution in [0.1, 0.15) is 18.2 Å². The fourth-order valence-corrected chi connectivity index (χ4v) is 1.66. The Kier molecular flexibility index (Phi) is 3.47. The van der Waals surface area contributed by atoms with Crippen molar-refractivity contribution in [2.45, 2.75) is 19.9 Å². The molecule has 0 saturated carbocycles. The van der Waals surface area contributed by atoms with E-state index in [4.69, 9.17) is 16.0 Å². The molecule has 0 aromatic carbocycles. The molecule has 0 radical (unpaired) electrons. The van der Waals surface area contributed by atoms with Gasteiger partial charge in [0.25, 0.3) is 0 Å². The van der Waals surface area contributed by atoms with Crippen LogP contribution in [0, 0.1) is 0 Å². The Morgan fingerprint density at radius 2 is 2.25 bits per heavy atom. The lowest BCUT2D eigenvalue weighted by Gasteiger charge is -2.07. The number of nitrogens with one attached hydrogen (secondary N) is 1. The second kappa shape index (κ2) is 5.03. The molecule has 2 rings (SSSR count). The van der Waals surface area contributed by atoms with E-state index in [-0.39, 0.29) is 0 Å². The van der Waals surface area contributed by atoms with Crippen molar-refractivity contribution in [1.82, 2.24) is 4.98 Å². The first-order valence-corrected chi connectivity index (χ1v) is 5.59. The van der Waals surface area contributed by atoms with Gasteiger partial charge in [-0.1, -0.05) is 13.0 Å². The van der Waals surface area contributed by atoms with Gasteiger partial charge >= 0.3 is 0 Å². The molecule has 0 aliphatic carbocycles. The minimum Gasteiger partial charge on any atom is -0.448 e. The zero-order valence-corrected chi connectivity index (χ0v) is 9.79. The van der Waals surface area contributed by atoms with Crippen molar-refractivity contribution >= 4 is 17.4 Å². The molecular weight excluding hydrogens is 224 g/mol. The zero-order valence-electron chi connectivity index (χ0n) is 9.03. The SMILES string of the molecule is CCc1cccnc1NCc1ccc(Cl)o1. The Balaban J connectivity index is 2.04. The molecular formula is C12H13ClN2O. The summed E-state index contributed by atoms with van der Waals surface area (Å²) in [6.45, 7) is 2.70. The maximum Gasteiger partial charge on any atom is 0.193 e. The molecule has 0 fully saturated rings. The molecule has 4 heteroatoms. The monoisotopic (exact) mass is 236 g/mol. The van der Waals surface area contributed by atoms with Gasteiger partial charge in [-0.3, -0.25) is 0 Å². The molecule has 2 heterocycles. The Morgan fingerprint density at radius 3 is 2.94 bits per heavy atom. The number of anilines is 1. The number of halogens is 1. The number of pyridine rings is 1. The fraction of sp³-hybridized carbons (Fsp3) is 0.250. The largest absolute Gasteiger partial charge is 0.448 e. The average Bonchev–Trinajstić information content (AvgIpc) is 2.73. The van der Waals surface area contributed by atoms with Gasteiger partial charge in [-0.25, -0.2) is 4.98 Å².